The number of piperidine rings is 1. The molecule has 0 radical (unpaired) electrons. The normalized spacial score (nSPS) is 26.4. The van der Waals surface area contributed by atoms with Gasteiger partial charge in [0.15, 0.2) is 0 Å². The zero-order valence-electron chi connectivity index (χ0n) is 15.8. The van der Waals surface area contributed by atoms with Gasteiger partial charge < -0.3 is 9.80 Å². The molecule has 3 aliphatic heterocycles. The fraction of sp³-hybridized carbons (Fsp3) is 0.947. The van der Waals surface area contributed by atoms with Gasteiger partial charge in [0.1, 0.15) is 0 Å². The number of hydrogen-bond acceptors (Lipinski definition) is 3. The van der Waals surface area contributed by atoms with Crippen molar-refractivity contribution < 1.29 is 0 Å². The average molecular weight is 338 g/mol. The van der Waals surface area contributed by atoms with Crippen molar-refractivity contribution in [3.8, 4) is 0 Å². The van der Waals surface area contributed by atoms with E-state index in [0.717, 1.165) is 30.0 Å². The first-order valence-electron chi connectivity index (χ1n) is 9.43. The van der Waals surface area contributed by atoms with Gasteiger partial charge in [-0.05, 0) is 44.9 Å². The van der Waals surface area contributed by atoms with Crippen LogP contribution in [0.1, 0.15) is 47.5 Å². The third kappa shape index (κ3) is 3.59. The Bertz CT molecular complexity index is 438. The van der Waals surface area contributed by atoms with Gasteiger partial charge in [-0.15, -0.1) is 0 Å². The molecule has 0 N–H and O–H groups in total. The maximum atomic E-state index is 5.33. The summed E-state index contributed by atoms with van der Waals surface area (Å²) in [6, 6.07) is 0.723. The van der Waals surface area contributed by atoms with Gasteiger partial charge in [-0.3, -0.25) is 4.90 Å². The molecule has 0 aromatic heterocycles. The number of rotatable bonds is 4. The third-order valence-corrected chi connectivity index (χ3v) is 6.86. The molecular weight excluding hydrogens is 302 g/mol. The van der Waals surface area contributed by atoms with Crippen molar-refractivity contribution in [1.29, 1.82) is 0 Å². The molecule has 0 aliphatic carbocycles. The highest BCUT2D eigenvalue weighted by Crippen LogP contribution is 2.43. The van der Waals surface area contributed by atoms with E-state index in [1.54, 1.807) is 0 Å². The van der Waals surface area contributed by atoms with Gasteiger partial charge in [-0.25, -0.2) is 0 Å². The lowest BCUT2D eigenvalue weighted by molar-refractivity contribution is -0.137. The third-order valence-electron chi connectivity index (χ3n) is 6.60. The molecule has 23 heavy (non-hydrogen) atoms. The van der Waals surface area contributed by atoms with E-state index in [0.29, 0.717) is 10.8 Å². The van der Waals surface area contributed by atoms with Crippen molar-refractivity contribution >= 4 is 17.2 Å². The Morgan fingerprint density at radius 3 is 2.17 bits per heavy atom. The molecule has 4 heteroatoms. The molecule has 3 aliphatic rings. The first kappa shape index (κ1) is 17.6. The summed E-state index contributed by atoms with van der Waals surface area (Å²) in [5.41, 5.74) is 1.09. The minimum Gasteiger partial charge on any atom is -0.366 e. The summed E-state index contributed by atoms with van der Waals surface area (Å²) in [5.74, 6) is 0.846. The zero-order chi connectivity index (χ0) is 16.8. The van der Waals surface area contributed by atoms with Crippen LogP contribution in [0.4, 0.5) is 0 Å². The van der Waals surface area contributed by atoms with Crippen LogP contribution >= 0.6 is 12.2 Å². The standard InChI is InChI=1S/C19H35N3S/c1-15(2)22-13-19(14-22)11-20(12-19)10-18(4,5)17-6-8-21(9-7-17)16(3)23/h15,17H,6-14H2,1-5H3. The Balaban J connectivity index is 1.43. The topological polar surface area (TPSA) is 9.72 Å². The van der Waals surface area contributed by atoms with Crippen molar-refractivity contribution in [1.82, 2.24) is 14.7 Å². The number of hydrogen-bond donors (Lipinski definition) is 0. The molecule has 1 spiro atoms. The first-order valence-corrected chi connectivity index (χ1v) is 9.84. The van der Waals surface area contributed by atoms with E-state index in [1.807, 2.05) is 0 Å². The number of thiocarbonyl (C=S) groups is 1. The second-order valence-corrected chi connectivity index (χ2v) is 10.0. The number of likely N-dealkylation sites (tertiary alicyclic amines) is 3. The summed E-state index contributed by atoms with van der Waals surface area (Å²) < 4.78 is 0. The van der Waals surface area contributed by atoms with Gasteiger partial charge in [0.05, 0.1) is 4.99 Å². The summed E-state index contributed by atoms with van der Waals surface area (Å²) in [5, 5.41) is 0. The van der Waals surface area contributed by atoms with Gasteiger partial charge >= 0.3 is 0 Å². The maximum Gasteiger partial charge on any atom is 0.0747 e. The molecule has 3 rings (SSSR count). The van der Waals surface area contributed by atoms with Crippen LogP contribution in [0.2, 0.25) is 0 Å². The van der Waals surface area contributed by atoms with E-state index in [-0.39, 0.29) is 0 Å². The average Bonchev–Trinajstić information content (AvgIpc) is 2.39. The predicted octanol–water partition coefficient (Wildman–Crippen LogP) is 3.10. The Morgan fingerprint density at radius 2 is 1.70 bits per heavy atom. The van der Waals surface area contributed by atoms with Crippen LogP contribution in [0.3, 0.4) is 0 Å². The van der Waals surface area contributed by atoms with E-state index >= 15 is 0 Å². The minimum absolute atomic E-state index is 0.435. The molecule has 0 bridgehead atoms. The Morgan fingerprint density at radius 1 is 1.13 bits per heavy atom. The summed E-state index contributed by atoms with van der Waals surface area (Å²) in [6.45, 7) is 20.6. The number of nitrogens with zero attached hydrogens (tertiary/aromatic N) is 3. The minimum atomic E-state index is 0.435. The Labute approximate surface area is 148 Å². The lowest BCUT2D eigenvalue weighted by Crippen LogP contribution is -2.73. The van der Waals surface area contributed by atoms with E-state index in [2.05, 4.69) is 49.3 Å². The summed E-state index contributed by atoms with van der Waals surface area (Å²) in [7, 11) is 0. The molecule has 0 unspecified atom stereocenters. The van der Waals surface area contributed by atoms with Crippen molar-refractivity contribution in [2.24, 2.45) is 16.7 Å². The summed E-state index contributed by atoms with van der Waals surface area (Å²) in [4.78, 5) is 8.79. The van der Waals surface area contributed by atoms with Crippen LogP contribution in [0.15, 0.2) is 0 Å². The van der Waals surface area contributed by atoms with Crippen LogP contribution in [-0.4, -0.2) is 71.5 Å². The molecule has 0 atom stereocenters. The van der Waals surface area contributed by atoms with E-state index < -0.39 is 0 Å². The quantitative estimate of drug-likeness (QED) is 0.729. The Hall–Kier alpha value is -0.190. The summed E-state index contributed by atoms with van der Waals surface area (Å²) >= 11 is 5.33. The molecule has 3 saturated heterocycles. The largest absolute Gasteiger partial charge is 0.366 e. The molecule has 3 heterocycles. The lowest BCUT2D eigenvalue weighted by atomic mass is 9.68. The molecule has 0 aromatic rings. The van der Waals surface area contributed by atoms with E-state index in [4.69, 9.17) is 12.2 Å². The molecule has 0 amide bonds. The fourth-order valence-electron chi connectivity index (χ4n) is 5.08. The van der Waals surface area contributed by atoms with Crippen molar-refractivity contribution in [2.75, 3.05) is 45.8 Å². The van der Waals surface area contributed by atoms with Crippen molar-refractivity contribution in [3.05, 3.63) is 0 Å². The highest BCUT2D eigenvalue weighted by molar-refractivity contribution is 7.80. The van der Waals surface area contributed by atoms with Crippen LogP contribution in [-0.2, 0) is 0 Å². The monoisotopic (exact) mass is 337 g/mol. The van der Waals surface area contributed by atoms with Gasteiger partial charge in [0.25, 0.3) is 0 Å². The van der Waals surface area contributed by atoms with Gasteiger partial charge in [0, 0.05) is 57.3 Å². The highest BCUT2D eigenvalue weighted by atomic mass is 32.1. The van der Waals surface area contributed by atoms with E-state index in [9.17, 15) is 0 Å². The molecule has 3 fully saturated rings. The van der Waals surface area contributed by atoms with Crippen LogP contribution in [0, 0.1) is 16.7 Å². The fourth-order valence-corrected chi connectivity index (χ4v) is 5.26. The molecule has 0 saturated carbocycles. The zero-order valence-corrected chi connectivity index (χ0v) is 16.6. The molecule has 3 nitrogen and oxygen atoms in total. The highest BCUT2D eigenvalue weighted by Gasteiger charge is 2.52. The SMILES string of the molecule is CC(=S)N1CCC(C(C)(C)CN2CC3(C2)CN(C(C)C)C3)CC1. The predicted molar refractivity (Wildman–Crippen MR) is 102 cm³/mol. The molecule has 0 aromatic carbocycles. The van der Waals surface area contributed by atoms with Crippen molar-refractivity contribution in [3.63, 3.8) is 0 Å². The van der Waals surface area contributed by atoms with E-state index in [1.165, 1.54) is 45.6 Å². The maximum absolute atomic E-state index is 5.33. The first-order chi connectivity index (χ1) is 10.7. The second kappa shape index (κ2) is 6.27. The molecule has 132 valence electrons. The molecular formula is C19H35N3S. The van der Waals surface area contributed by atoms with Gasteiger partial charge in [-0.2, -0.15) is 0 Å². The summed E-state index contributed by atoms with van der Waals surface area (Å²) in [6.07, 6.45) is 2.61. The Kier molecular flexibility index (Phi) is 4.81. The second-order valence-electron chi connectivity index (χ2n) is 9.41. The van der Waals surface area contributed by atoms with Crippen LogP contribution < -0.4 is 0 Å². The van der Waals surface area contributed by atoms with Gasteiger partial charge in [-0.1, -0.05) is 26.1 Å². The van der Waals surface area contributed by atoms with Gasteiger partial charge in [0.2, 0.25) is 0 Å². The van der Waals surface area contributed by atoms with Crippen LogP contribution in [0.25, 0.3) is 0 Å². The smallest absolute Gasteiger partial charge is 0.0747 e. The van der Waals surface area contributed by atoms with Crippen LogP contribution in [0.5, 0.6) is 0 Å². The van der Waals surface area contributed by atoms with Crippen molar-refractivity contribution in [2.45, 2.75) is 53.5 Å². The lowest BCUT2D eigenvalue weighted by Gasteiger charge is -2.63.